The van der Waals surface area contributed by atoms with E-state index in [0.29, 0.717) is 11.3 Å². The summed E-state index contributed by atoms with van der Waals surface area (Å²) in [5.74, 6) is 0.00787. The van der Waals surface area contributed by atoms with Crippen LogP contribution in [-0.4, -0.2) is 5.78 Å². The normalized spacial score (nSPS) is 14.5. The molecule has 5 aromatic rings. The van der Waals surface area contributed by atoms with Crippen LogP contribution in [0.1, 0.15) is 47.8 Å². The fourth-order valence-electron chi connectivity index (χ4n) is 6.77. The van der Waals surface area contributed by atoms with Crippen LogP contribution < -0.4 is 4.90 Å². The largest absolute Gasteiger partial charge is 0.310 e. The van der Waals surface area contributed by atoms with Crippen LogP contribution in [0, 0.1) is 0 Å². The Kier molecular flexibility index (Phi) is 6.36. The molecule has 0 unspecified atom stereocenters. The van der Waals surface area contributed by atoms with Crippen molar-refractivity contribution >= 4 is 22.7 Å². The van der Waals surface area contributed by atoms with Crippen LogP contribution >= 0.6 is 0 Å². The van der Waals surface area contributed by atoms with Crippen LogP contribution in [0.3, 0.4) is 0 Å². The van der Waals surface area contributed by atoms with Crippen molar-refractivity contribution in [2.45, 2.75) is 26.2 Å². The Bertz CT molecular complexity index is 1970. The van der Waals surface area contributed by atoms with Gasteiger partial charge in [-0.05, 0) is 75.7 Å². The molecule has 0 saturated heterocycles. The van der Waals surface area contributed by atoms with Crippen LogP contribution in [-0.2, 0) is 5.41 Å². The molecule has 2 nitrogen and oxygen atoms in total. The van der Waals surface area contributed by atoms with Gasteiger partial charge in [0.1, 0.15) is 0 Å². The van der Waals surface area contributed by atoms with E-state index in [1.54, 1.807) is 0 Å². The molecule has 0 N–H and O–H groups in total. The van der Waals surface area contributed by atoms with E-state index in [-0.39, 0.29) is 11.2 Å². The van der Waals surface area contributed by atoms with Crippen molar-refractivity contribution in [3.63, 3.8) is 0 Å². The molecule has 43 heavy (non-hydrogen) atoms. The first-order chi connectivity index (χ1) is 20.9. The molecule has 0 heterocycles. The smallest absolute Gasteiger partial charge is 0.196 e. The number of carbonyl (C=O) groups excluding carboxylic acids is 1. The number of fused-ring (bicyclic) bond motifs is 4. The summed E-state index contributed by atoms with van der Waals surface area (Å²) in [4.78, 5) is 16.1. The molecule has 0 bridgehead atoms. The molecular formula is C41H33NO. The number of anilines is 2. The number of nitrogens with zero attached hydrogens (tertiary/aromatic N) is 1. The van der Waals surface area contributed by atoms with Crippen molar-refractivity contribution in [1.29, 1.82) is 0 Å². The van der Waals surface area contributed by atoms with E-state index in [1.165, 1.54) is 22.3 Å². The lowest BCUT2D eigenvalue weighted by Gasteiger charge is -2.30. The SMILES string of the molecule is C=C(C1=C(/C=C\C)c2ccccc2C1=O)N(c1ccc(-c2ccccc2)cc1)c1ccc2c(c1)C(C)(C)c1ccccc1-2. The molecule has 0 aromatic heterocycles. The number of hydrogen-bond acceptors (Lipinski definition) is 2. The van der Waals surface area contributed by atoms with Crippen LogP contribution in [0.4, 0.5) is 11.4 Å². The molecule has 0 amide bonds. The van der Waals surface area contributed by atoms with E-state index in [9.17, 15) is 4.79 Å². The zero-order valence-corrected chi connectivity index (χ0v) is 24.8. The molecular weight excluding hydrogens is 522 g/mol. The van der Waals surface area contributed by atoms with E-state index < -0.39 is 0 Å². The van der Waals surface area contributed by atoms with E-state index in [1.807, 2.05) is 49.4 Å². The third-order valence-electron chi connectivity index (χ3n) is 8.91. The minimum atomic E-state index is -0.152. The predicted octanol–water partition coefficient (Wildman–Crippen LogP) is 10.5. The van der Waals surface area contributed by atoms with E-state index >= 15 is 0 Å². The Labute approximate surface area is 254 Å². The van der Waals surface area contributed by atoms with E-state index in [2.05, 4.69) is 116 Å². The average Bonchev–Trinajstić information content (AvgIpc) is 3.45. The van der Waals surface area contributed by atoms with Crippen LogP contribution in [0.15, 0.2) is 151 Å². The Morgan fingerprint density at radius 3 is 1.95 bits per heavy atom. The quantitative estimate of drug-likeness (QED) is 0.208. The molecule has 0 atom stereocenters. The number of Topliss-reactive ketones (excluding diaryl/α,β-unsaturated/α-hetero) is 1. The summed E-state index contributed by atoms with van der Waals surface area (Å²) in [6.45, 7) is 11.2. The maximum absolute atomic E-state index is 14.0. The fourth-order valence-corrected chi connectivity index (χ4v) is 6.77. The summed E-state index contributed by atoms with van der Waals surface area (Å²) in [6, 6.07) is 42.1. The molecule has 2 aliphatic carbocycles. The molecule has 7 rings (SSSR count). The minimum absolute atomic E-state index is 0.00787. The lowest BCUT2D eigenvalue weighted by atomic mass is 9.82. The number of ketones is 1. The maximum atomic E-state index is 14.0. The lowest BCUT2D eigenvalue weighted by molar-refractivity contribution is 0.104. The molecule has 208 valence electrons. The highest BCUT2D eigenvalue weighted by Crippen LogP contribution is 2.51. The standard InChI is InChI=1S/C41H33NO/c1-5-13-35-32-16-9-10-18-36(32)40(43)39(35)27(2)42(30-22-20-29(21-23-30)28-14-7-6-8-15-28)31-24-25-34-33-17-11-12-19-37(33)41(3,4)38(34)26-31/h5-26H,2H2,1,3-4H3/b13-5-. The average molecular weight is 556 g/mol. The van der Waals surface area contributed by atoms with Crippen LogP contribution in [0.25, 0.3) is 27.8 Å². The van der Waals surface area contributed by atoms with Crippen LogP contribution in [0.2, 0.25) is 0 Å². The van der Waals surface area contributed by atoms with Crippen molar-refractivity contribution in [1.82, 2.24) is 0 Å². The summed E-state index contributed by atoms with van der Waals surface area (Å²) in [7, 11) is 0. The second-order valence-electron chi connectivity index (χ2n) is 11.8. The highest BCUT2D eigenvalue weighted by atomic mass is 16.1. The van der Waals surface area contributed by atoms with Crippen molar-refractivity contribution in [2.75, 3.05) is 4.90 Å². The monoisotopic (exact) mass is 555 g/mol. The number of benzene rings is 5. The molecule has 0 spiro atoms. The molecule has 2 heteroatoms. The van der Waals surface area contributed by atoms with Crippen molar-refractivity contribution < 1.29 is 4.79 Å². The van der Waals surface area contributed by atoms with E-state index in [0.717, 1.165) is 39.2 Å². The number of allylic oxidation sites excluding steroid dienone is 4. The highest BCUT2D eigenvalue weighted by molar-refractivity contribution is 6.25. The Morgan fingerprint density at radius 1 is 0.651 bits per heavy atom. The number of carbonyl (C=O) groups is 1. The van der Waals surface area contributed by atoms with Gasteiger partial charge in [-0.25, -0.2) is 0 Å². The van der Waals surface area contributed by atoms with Crippen LogP contribution in [0.5, 0.6) is 0 Å². The summed E-state index contributed by atoms with van der Waals surface area (Å²) in [5.41, 5.74) is 13.1. The summed E-state index contributed by atoms with van der Waals surface area (Å²) in [6.07, 6.45) is 4.02. The Balaban J connectivity index is 1.40. The van der Waals surface area contributed by atoms with Gasteiger partial charge in [-0.15, -0.1) is 0 Å². The Morgan fingerprint density at radius 2 is 1.23 bits per heavy atom. The van der Waals surface area contributed by atoms with E-state index in [4.69, 9.17) is 0 Å². The maximum Gasteiger partial charge on any atom is 0.196 e. The summed E-state index contributed by atoms with van der Waals surface area (Å²) < 4.78 is 0. The van der Waals surface area contributed by atoms with Gasteiger partial charge in [0.15, 0.2) is 5.78 Å². The molecule has 0 fully saturated rings. The minimum Gasteiger partial charge on any atom is -0.310 e. The molecule has 0 radical (unpaired) electrons. The van der Waals surface area contributed by atoms with Gasteiger partial charge in [0.2, 0.25) is 0 Å². The first kappa shape index (κ1) is 26.7. The first-order valence-electron chi connectivity index (χ1n) is 14.8. The zero-order chi connectivity index (χ0) is 29.7. The third kappa shape index (κ3) is 4.21. The van der Waals surface area contributed by atoms with Gasteiger partial charge in [-0.3, -0.25) is 4.79 Å². The van der Waals surface area contributed by atoms with Gasteiger partial charge in [-0.1, -0.05) is 130 Å². The topological polar surface area (TPSA) is 20.3 Å². The van der Waals surface area contributed by atoms with Crippen molar-refractivity contribution in [3.8, 4) is 22.3 Å². The zero-order valence-electron chi connectivity index (χ0n) is 24.8. The van der Waals surface area contributed by atoms with Gasteiger partial charge in [0.05, 0.1) is 11.3 Å². The fraction of sp³-hybridized carbons (Fsp3) is 0.0976. The summed E-state index contributed by atoms with van der Waals surface area (Å²) in [5, 5.41) is 0. The summed E-state index contributed by atoms with van der Waals surface area (Å²) >= 11 is 0. The molecule has 0 saturated carbocycles. The molecule has 5 aromatic carbocycles. The van der Waals surface area contributed by atoms with Gasteiger partial charge in [-0.2, -0.15) is 0 Å². The molecule has 0 aliphatic heterocycles. The van der Waals surface area contributed by atoms with Gasteiger partial charge >= 0.3 is 0 Å². The second kappa shape index (κ2) is 10.3. The number of hydrogen-bond donors (Lipinski definition) is 0. The molecule has 2 aliphatic rings. The van der Waals surface area contributed by atoms with Gasteiger partial charge < -0.3 is 4.90 Å². The predicted molar refractivity (Wildman–Crippen MR) is 180 cm³/mol. The lowest BCUT2D eigenvalue weighted by Crippen LogP contribution is -2.21. The van der Waals surface area contributed by atoms with Gasteiger partial charge in [0.25, 0.3) is 0 Å². The van der Waals surface area contributed by atoms with Crippen molar-refractivity contribution in [2.24, 2.45) is 0 Å². The van der Waals surface area contributed by atoms with Crippen molar-refractivity contribution in [3.05, 3.63) is 174 Å². The first-order valence-corrected chi connectivity index (χ1v) is 14.8. The highest BCUT2D eigenvalue weighted by Gasteiger charge is 2.37. The second-order valence-corrected chi connectivity index (χ2v) is 11.8. The Hall–Kier alpha value is -5.21. The third-order valence-corrected chi connectivity index (χ3v) is 8.91. The van der Waals surface area contributed by atoms with Gasteiger partial charge in [0, 0.05) is 22.4 Å². The number of rotatable bonds is 6.